The molecule has 0 aliphatic heterocycles. The Labute approximate surface area is 145 Å². The molecule has 1 fully saturated rings. The maximum atomic E-state index is 12.6. The first-order valence-electron chi connectivity index (χ1n) is 7.97. The van der Waals surface area contributed by atoms with Gasteiger partial charge in [-0.25, -0.2) is 16.8 Å². The van der Waals surface area contributed by atoms with Crippen molar-refractivity contribution >= 4 is 26.1 Å². The summed E-state index contributed by atoms with van der Waals surface area (Å²) in [6, 6.07) is 2.11. The fourth-order valence-electron chi connectivity index (χ4n) is 2.83. The van der Waals surface area contributed by atoms with Gasteiger partial charge in [-0.2, -0.15) is 0 Å². The number of sulfone groups is 2. The fraction of sp³-hybridized carbons (Fsp3) is 0.643. The zero-order valence-corrected chi connectivity index (χ0v) is 15.2. The van der Waals surface area contributed by atoms with E-state index in [0.29, 0.717) is 12.8 Å². The third-order valence-corrected chi connectivity index (χ3v) is 8.11. The van der Waals surface area contributed by atoms with Crippen LogP contribution in [0, 0.1) is 4.91 Å². The van der Waals surface area contributed by atoms with Crippen molar-refractivity contribution < 1.29 is 30.9 Å². The number of aromatic nitrogens is 2. The molecular weight excluding hydrogens is 372 g/mol. The van der Waals surface area contributed by atoms with Gasteiger partial charge in [0, 0.05) is 6.07 Å². The number of ether oxygens (including phenoxy) is 1. The molecule has 0 bridgehead atoms. The Hall–Kier alpha value is -1.75. The standard InChI is InChI=1S/C14H21N2O7S2/c17-11-23-9-4-10-24(19,20)13-7-8-14(16(18)15-13)25(21,22)12-5-2-1-3-6-12/h7-8,11-12H,1-6,9-10H2,(H,15,18)/q+1. The second kappa shape index (κ2) is 8.09. The van der Waals surface area contributed by atoms with E-state index in [0.717, 1.165) is 31.4 Å². The normalized spacial score (nSPS) is 16.5. The van der Waals surface area contributed by atoms with E-state index in [2.05, 4.69) is 9.84 Å². The highest BCUT2D eigenvalue weighted by atomic mass is 32.2. The summed E-state index contributed by atoms with van der Waals surface area (Å²) in [5.41, 5.74) is 0. The molecule has 0 saturated heterocycles. The smallest absolute Gasteiger partial charge is 0.382 e. The molecule has 0 atom stereocenters. The average Bonchev–Trinajstić information content (AvgIpc) is 2.59. The predicted molar refractivity (Wildman–Crippen MR) is 86.9 cm³/mol. The van der Waals surface area contributed by atoms with Gasteiger partial charge in [-0.15, -0.1) is 5.10 Å². The molecule has 1 aliphatic carbocycles. The van der Waals surface area contributed by atoms with E-state index < -0.39 is 30.0 Å². The monoisotopic (exact) mass is 393 g/mol. The Morgan fingerprint density at radius 1 is 1.16 bits per heavy atom. The number of carbonyl (C=O) groups is 1. The lowest BCUT2D eigenvalue weighted by Gasteiger charge is -2.18. The highest BCUT2D eigenvalue weighted by Crippen LogP contribution is 2.27. The zero-order valence-electron chi connectivity index (χ0n) is 13.6. The van der Waals surface area contributed by atoms with Crippen molar-refractivity contribution in [2.45, 2.75) is 53.8 Å². The van der Waals surface area contributed by atoms with Crippen LogP contribution >= 0.6 is 0 Å². The van der Waals surface area contributed by atoms with Crippen LogP contribution in [0.25, 0.3) is 0 Å². The lowest BCUT2D eigenvalue weighted by molar-refractivity contribution is -0.610. The molecule has 1 N–H and O–H groups in total. The Morgan fingerprint density at radius 3 is 2.44 bits per heavy atom. The van der Waals surface area contributed by atoms with Crippen molar-refractivity contribution in [3.63, 3.8) is 0 Å². The first-order valence-corrected chi connectivity index (χ1v) is 11.2. The number of aromatic amines is 1. The van der Waals surface area contributed by atoms with Crippen LogP contribution in [0.2, 0.25) is 0 Å². The van der Waals surface area contributed by atoms with Crippen molar-refractivity contribution in [3.8, 4) is 0 Å². The van der Waals surface area contributed by atoms with Gasteiger partial charge in [0.15, 0.2) is 19.4 Å². The van der Waals surface area contributed by atoms with Crippen molar-refractivity contribution in [2.75, 3.05) is 12.4 Å². The number of H-pyrrole nitrogens is 1. The van der Waals surface area contributed by atoms with E-state index in [1.165, 1.54) is 0 Å². The molecule has 25 heavy (non-hydrogen) atoms. The molecule has 1 heterocycles. The first-order chi connectivity index (χ1) is 11.8. The van der Waals surface area contributed by atoms with E-state index in [4.69, 9.17) is 0 Å². The molecule has 9 nitrogen and oxygen atoms in total. The largest absolute Gasteiger partial charge is 0.468 e. The van der Waals surface area contributed by atoms with Crippen molar-refractivity contribution in [3.05, 3.63) is 17.0 Å². The minimum Gasteiger partial charge on any atom is -0.468 e. The van der Waals surface area contributed by atoms with Gasteiger partial charge >= 0.3 is 5.03 Å². The first kappa shape index (κ1) is 19.6. The number of hydrogen-bond donors (Lipinski definition) is 1. The number of carbonyl (C=O) groups excluding carboxylic acids is 1. The van der Waals surface area contributed by atoms with Crippen LogP contribution in [0.5, 0.6) is 0 Å². The molecule has 1 aromatic rings. The molecule has 0 amide bonds. The van der Waals surface area contributed by atoms with Gasteiger partial charge < -0.3 is 4.74 Å². The second-order valence-electron chi connectivity index (χ2n) is 5.89. The van der Waals surface area contributed by atoms with E-state index in [1.54, 1.807) is 0 Å². The molecule has 1 aromatic heterocycles. The molecule has 1 aliphatic rings. The van der Waals surface area contributed by atoms with Crippen LogP contribution in [0.15, 0.2) is 22.2 Å². The number of rotatable bonds is 8. The molecule has 0 unspecified atom stereocenters. The highest BCUT2D eigenvalue weighted by molar-refractivity contribution is 7.92. The predicted octanol–water partition coefficient (Wildman–Crippen LogP) is 0.372. The quantitative estimate of drug-likeness (QED) is 0.383. The van der Waals surface area contributed by atoms with Gasteiger partial charge in [0.25, 0.3) is 6.47 Å². The highest BCUT2D eigenvalue weighted by Gasteiger charge is 2.37. The molecular formula is C14H21N2O7S2+. The Bertz CT molecular complexity index is 869. The summed E-state index contributed by atoms with van der Waals surface area (Å²) >= 11 is 0. The Kier molecular flexibility index (Phi) is 6.33. The number of hydrogen-bond acceptors (Lipinski definition) is 7. The fourth-order valence-corrected chi connectivity index (χ4v) is 5.87. The maximum Gasteiger partial charge on any atom is 0.382 e. The second-order valence-corrected chi connectivity index (χ2v) is 10.1. The Morgan fingerprint density at radius 2 is 1.84 bits per heavy atom. The van der Waals surface area contributed by atoms with Crippen LogP contribution in [0.1, 0.15) is 38.5 Å². The number of nitrogens with zero attached hydrogens (tertiary/aromatic N) is 1. The summed E-state index contributed by atoms with van der Waals surface area (Å²) in [6.45, 7) is 0.156. The summed E-state index contributed by atoms with van der Waals surface area (Å²) in [5, 5.41) is 0.624. The molecule has 1 saturated carbocycles. The maximum absolute atomic E-state index is 12.6. The average molecular weight is 393 g/mol. The summed E-state index contributed by atoms with van der Waals surface area (Å²) in [7, 11) is -7.63. The van der Waals surface area contributed by atoms with Crippen LogP contribution in [0.4, 0.5) is 0 Å². The van der Waals surface area contributed by atoms with Gasteiger partial charge in [0.2, 0.25) is 9.84 Å². The summed E-state index contributed by atoms with van der Waals surface area (Å²) < 4.78 is 53.8. The zero-order chi connectivity index (χ0) is 18.5. The van der Waals surface area contributed by atoms with Gasteiger partial charge in [-0.05, 0) is 25.3 Å². The van der Waals surface area contributed by atoms with Gasteiger partial charge in [-0.1, -0.05) is 19.3 Å². The lowest BCUT2D eigenvalue weighted by atomic mass is 10.0. The molecule has 2 rings (SSSR count). The van der Waals surface area contributed by atoms with Gasteiger partial charge in [0.05, 0.1) is 22.5 Å². The van der Waals surface area contributed by atoms with Crippen molar-refractivity contribution in [1.82, 2.24) is 5.10 Å². The third-order valence-electron chi connectivity index (χ3n) is 4.15. The minimum absolute atomic E-state index is 0.00125. The molecule has 0 radical (unpaired) electrons. The topological polar surface area (TPSA) is 133 Å². The molecule has 11 heteroatoms. The van der Waals surface area contributed by atoms with Crippen molar-refractivity contribution in [2.24, 2.45) is 0 Å². The van der Waals surface area contributed by atoms with E-state index in [1.807, 2.05) is 0 Å². The van der Waals surface area contributed by atoms with E-state index in [-0.39, 0.29) is 34.8 Å². The molecule has 0 aromatic carbocycles. The minimum atomic E-state index is -3.82. The number of nitrogens with one attached hydrogen (secondary N) is 1. The van der Waals surface area contributed by atoms with E-state index >= 15 is 0 Å². The van der Waals surface area contributed by atoms with Crippen LogP contribution in [-0.2, 0) is 29.2 Å². The SMILES string of the molecule is O=COCCCS(=O)(=O)c1ccc(S(=O)(=O)C2CCCCC2)[n+](=O)[nH]1. The van der Waals surface area contributed by atoms with Crippen LogP contribution < -0.4 is 4.54 Å². The third kappa shape index (κ3) is 4.66. The van der Waals surface area contributed by atoms with Crippen LogP contribution in [-0.4, -0.2) is 46.0 Å². The van der Waals surface area contributed by atoms with Gasteiger partial charge in [-0.3, -0.25) is 4.79 Å². The Balaban J connectivity index is 2.22. The summed E-state index contributed by atoms with van der Waals surface area (Å²) in [6.07, 6.45) is 3.62. The summed E-state index contributed by atoms with van der Waals surface area (Å²) in [4.78, 5) is 22.1. The van der Waals surface area contributed by atoms with Gasteiger partial charge in [0.1, 0.15) is 0 Å². The molecule has 0 spiro atoms. The molecule has 140 valence electrons. The van der Waals surface area contributed by atoms with Crippen molar-refractivity contribution in [1.29, 1.82) is 0 Å². The van der Waals surface area contributed by atoms with Crippen LogP contribution in [0.3, 0.4) is 0 Å². The lowest BCUT2D eigenvalue weighted by Crippen LogP contribution is -2.35. The van der Waals surface area contributed by atoms with E-state index in [9.17, 15) is 26.5 Å². The summed E-state index contributed by atoms with van der Waals surface area (Å²) in [5.74, 6) is -0.341.